The molecule has 4 heterocycles. The molecule has 2 aliphatic rings. The summed E-state index contributed by atoms with van der Waals surface area (Å²) in [5.74, 6) is -1.09. The van der Waals surface area contributed by atoms with Gasteiger partial charge in [0.15, 0.2) is 6.10 Å². The summed E-state index contributed by atoms with van der Waals surface area (Å²) in [5.41, 5.74) is 10.7. The van der Waals surface area contributed by atoms with Gasteiger partial charge in [0.05, 0.1) is 23.1 Å². The van der Waals surface area contributed by atoms with Crippen molar-refractivity contribution in [3.8, 4) is 22.5 Å². The van der Waals surface area contributed by atoms with Crippen LogP contribution in [0.25, 0.3) is 22.5 Å². The van der Waals surface area contributed by atoms with E-state index in [2.05, 4.69) is 15.2 Å². The topological polar surface area (TPSA) is 131 Å². The molecule has 0 saturated carbocycles. The average molecular weight is 523 g/mol. The third-order valence-corrected chi connectivity index (χ3v) is 7.05. The number of aromatic nitrogens is 4. The van der Waals surface area contributed by atoms with E-state index < -0.39 is 36.1 Å². The number of halogens is 1. The number of ether oxygens (including phenoxy) is 2. The number of carbonyl (C=O) groups excluding carboxylic acids is 2. The van der Waals surface area contributed by atoms with Gasteiger partial charge in [0.25, 0.3) is 0 Å². The Balaban J connectivity index is 1.37. The molecule has 0 radical (unpaired) electrons. The second-order valence-corrected chi connectivity index (χ2v) is 10.0. The van der Waals surface area contributed by atoms with Crippen molar-refractivity contribution < 1.29 is 23.5 Å². The van der Waals surface area contributed by atoms with Crippen molar-refractivity contribution in [1.82, 2.24) is 20.0 Å². The number of hydrogen-bond acceptors (Lipinski definition) is 6. The van der Waals surface area contributed by atoms with Gasteiger partial charge in [-0.3, -0.25) is 24.9 Å². The highest BCUT2D eigenvalue weighted by Crippen LogP contribution is 2.42. The molecule has 1 fully saturated rings. The number of cyclic esters (lactones) is 1. The average Bonchev–Trinajstić information content (AvgIpc) is 3.35. The fourth-order valence-electron chi connectivity index (χ4n) is 4.79. The summed E-state index contributed by atoms with van der Waals surface area (Å²) in [7, 11) is 1.84. The van der Waals surface area contributed by atoms with Crippen molar-refractivity contribution in [3.05, 3.63) is 59.7 Å². The highest BCUT2D eigenvalue weighted by atomic mass is 19.1. The van der Waals surface area contributed by atoms with Gasteiger partial charge >= 0.3 is 12.1 Å². The van der Waals surface area contributed by atoms with Gasteiger partial charge < -0.3 is 15.2 Å². The first-order chi connectivity index (χ1) is 18.1. The van der Waals surface area contributed by atoms with Crippen molar-refractivity contribution >= 4 is 17.7 Å². The van der Waals surface area contributed by atoms with Crippen LogP contribution in [0.3, 0.4) is 0 Å². The van der Waals surface area contributed by atoms with E-state index in [4.69, 9.17) is 15.2 Å². The number of fused-ring (bicyclic) bond motifs is 3. The number of amides is 1. The second-order valence-electron chi connectivity index (χ2n) is 10.0. The summed E-state index contributed by atoms with van der Waals surface area (Å²) in [6.07, 6.45) is 2.64. The lowest BCUT2D eigenvalue weighted by atomic mass is 10.00. The van der Waals surface area contributed by atoms with E-state index >= 15 is 4.39 Å². The molecule has 1 aromatic carbocycles. The van der Waals surface area contributed by atoms with Gasteiger partial charge in [0.1, 0.15) is 18.5 Å². The fraction of sp³-hybridized carbons (Fsp3) is 0.370. The zero-order chi connectivity index (χ0) is 27.1. The number of nitrogens with two attached hydrogens (primary N) is 1. The molecule has 0 bridgehead atoms. The largest absolute Gasteiger partial charge is 0.460 e. The summed E-state index contributed by atoms with van der Waals surface area (Å²) in [4.78, 5) is 32.5. The number of hydrogen-bond donors (Lipinski definition) is 3. The molecular formula is C27H31FN6O4. The van der Waals surface area contributed by atoms with E-state index in [1.165, 1.54) is 11.0 Å². The van der Waals surface area contributed by atoms with Crippen LogP contribution in [-0.4, -0.2) is 56.8 Å². The number of esters is 1. The molecular weight excluding hydrogens is 491 g/mol. The summed E-state index contributed by atoms with van der Waals surface area (Å²) >= 11 is 0. The predicted octanol–water partition coefficient (Wildman–Crippen LogP) is 3.76. The molecule has 5 rings (SSSR count). The monoisotopic (exact) mass is 522 g/mol. The quantitative estimate of drug-likeness (QED) is 0.423. The zero-order valence-corrected chi connectivity index (χ0v) is 21.7. The predicted molar refractivity (Wildman–Crippen MR) is 139 cm³/mol. The van der Waals surface area contributed by atoms with Crippen LogP contribution < -0.4 is 10.6 Å². The van der Waals surface area contributed by atoms with Gasteiger partial charge in [-0.2, -0.15) is 0 Å². The minimum atomic E-state index is -0.756. The Labute approximate surface area is 219 Å². The van der Waals surface area contributed by atoms with E-state index in [1.54, 1.807) is 17.1 Å². The molecule has 10 nitrogen and oxygen atoms in total. The summed E-state index contributed by atoms with van der Waals surface area (Å²) in [6, 6.07) is 7.54. The third-order valence-electron chi connectivity index (χ3n) is 7.05. The molecule has 4 N–H and O–H groups in total. The van der Waals surface area contributed by atoms with E-state index in [1.807, 2.05) is 52.2 Å². The van der Waals surface area contributed by atoms with Crippen LogP contribution in [0.1, 0.15) is 25.0 Å². The number of pyridine rings is 1. The number of carbonyl (C=O) groups is 2. The van der Waals surface area contributed by atoms with Crippen LogP contribution in [0.4, 0.5) is 14.9 Å². The van der Waals surface area contributed by atoms with Crippen LogP contribution >= 0.6 is 0 Å². The first-order valence-electron chi connectivity index (χ1n) is 12.5. The first-order valence-corrected chi connectivity index (χ1v) is 12.5. The van der Waals surface area contributed by atoms with Crippen molar-refractivity contribution in [1.29, 1.82) is 0 Å². The van der Waals surface area contributed by atoms with Crippen LogP contribution in [0.5, 0.6) is 0 Å². The maximum Gasteiger partial charge on any atom is 0.415 e. The van der Waals surface area contributed by atoms with Gasteiger partial charge in [-0.15, -0.1) is 0 Å². The van der Waals surface area contributed by atoms with Gasteiger partial charge in [-0.25, -0.2) is 14.0 Å². The minimum Gasteiger partial charge on any atom is -0.460 e. The standard InChI is InChI=1S/C27H31FN6O4/c1-14(2)24(29)26(35)37-13-23-22-10-17-9-18(19(28)11-21(17)34(22)27(36)38-23)16-5-6-20(30-12-16)25-15(3)7-8-31-33(4)32-25/h5-9,11-12,14,22-24,31-32H,10,13,29H2,1-4H3. The third kappa shape index (κ3) is 4.65. The lowest BCUT2D eigenvalue weighted by molar-refractivity contribution is -0.149. The molecule has 3 atom stereocenters. The molecule has 1 saturated heterocycles. The van der Waals surface area contributed by atoms with Crippen LogP contribution in [0.2, 0.25) is 0 Å². The van der Waals surface area contributed by atoms with Gasteiger partial charge in [0.2, 0.25) is 0 Å². The van der Waals surface area contributed by atoms with Crippen LogP contribution in [-0.2, 0) is 27.7 Å². The van der Waals surface area contributed by atoms with E-state index in [0.29, 0.717) is 28.9 Å². The van der Waals surface area contributed by atoms with E-state index in [9.17, 15) is 9.59 Å². The normalized spacial score (nSPS) is 18.7. The minimum absolute atomic E-state index is 0.0785. The number of rotatable bonds is 6. The molecule has 2 aromatic heterocycles. The molecule has 1 amide bonds. The molecule has 200 valence electrons. The number of benzene rings is 1. The summed E-state index contributed by atoms with van der Waals surface area (Å²) in [6.45, 7) is 5.52. The van der Waals surface area contributed by atoms with E-state index in [-0.39, 0.29) is 12.5 Å². The summed E-state index contributed by atoms with van der Waals surface area (Å²) in [5, 5.41) is 6.27. The Morgan fingerprint density at radius 1 is 1.32 bits per heavy atom. The van der Waals surface area contributed by atoms with Crippen molar-refractivity contribution in [2.24, 2.45) is 18.7 Å². The Kier molecular flexibility index (Phi) is 6.70. The Morgan fingerprint density at radius 2 is 2.11 bits per heavy atom. The van der Waals surface area contributed by atoms with Crippen molar-refractivity contribution in [3.63, 3.8) is 0 Å². The Morgan fingerprint density at radius 3 is 2.82 bits per heavy atom. The molecule has 3 aromatic rings. The maximum atomic E-state index is 15.3. The number of aryl methyl sites for hydroxylation is 2. The number of anilines is 1. The fourth-order valence-corrected chi connectivity index (χ4v) is 4.79. The Bertz CT molecular complexity index is 1420. The van der Waals surface area contributed by atoms with E-state index in [0.717, 1.165) is 16.8 Å². The molecule has 38 heavy (non-hydrogen) atoms. The maximum absolute atomic E-state index is 15.3. The lowest BCUT2D eigenvalue weighted by Crippen LogP contribution is -2.40. The molecule has 0 aliphatic carbocycles. The van der Waals surface area contributed by atoms with Gasteiger partial charge in [-0.1, -0.05) is 19.9 Å². The number of H-pyrrole nitrogens is 2. The van der Waals surface area contributed by atoms with Gasteiger partial charge in [0, 0.05) is 30.6 Å². The number of aromatic amines is 2. The molecule has 11 heteroatoms. The SMILES string of the molecule is Cc1cc[nH]n(C)[nH]c1-c1ccc(-c2cc3c(cc2F)N2C(=O)OC(COC(=O)C(N)C(C)C)C2C3)cn1. The highest BCUT2D eigenvalue weighted by molar-refractivity contribution is 5.94. The van der Waals surface area contributed by atoms with Gasteiger partial charge in [-0.05, 0) is 54.7 Å². The van der Waals surface area contributed by atoms with Crippen LogP contribution in [0.15, 0.2) is 42.7 Å². The van der Waals surface area contributed by atoms with Crippen molar-refractivity contribution in [2.75, 3.05) is 11.5 Å². The van der Waals surface area contributed by atoms with Crippen LogP contribution in [0, 0.1) is 18.7 Å². The summed E-state index contributed by atoms with van der Waals surface area (Å²) < 4.78 is 26.1. The molecule has 3 unspecified atom stereocenters. The lowest BCUT2D eigenvalue weighted by Gasteiger charge is -2.19. The number of nitrogens with zero attached hydrogens (tertiary/aromatic N) is 3. The molecule has 0 spiro atoms. The number of nitrogens with one attached hydrogen (secondary N) is 2. The second kappa shape index (κ2) is 9.97. The molecule has 2 aliphatic heterocycles. The smallest absolute Gasteiger partial charge is 0.415 e. The van der Waals surface area contributed by atoms with Crippen molar-refractivity contribution in [2.45, 2.75) is 45.4 Å². The zero-order valence-electron chi connectivity index (χ0n) is 21.7. The highest BCUT2D eigenvalue weighted by Gasteiger charge is 2.48. The Hall–Kier alpha value is -4.12. The first kappa shape index (κ1) is 25.5.